The van der Waals surface area contributed by atoms with Gasteiger partial charge in [0.15, 0.2) is 0 Å². The smallest absolute Gasteiger partial charge is 0.0465 e. The molecule has 2 nitrogen and oxygen atoms in total. The number of rotatable bonds is 4. The van der Waals surface area contributed by atoms with E-state index in [4.69, 9.17) is 5.73 Å². The highest BCUT2D eigenvalue weighted by Crippen LogP contribution is 2.34. The maximum atomic E-state index is 5.97. The number of nitrogens with two attached hydrogens (primary N) is 1. The van der Waals surface area contributed by atoms with Crippen LogP contribution in [0, 0.1) is 13.8 Å². The average Bonchev–Trinajstić information content (AvgIpc) is 2.45. The molecule has 0 heterocycles. The van der Waals surface area contributed by atoms with Crippen LogP contribution in [0.1, 0.15) is 16.7 Å². The molecular weight excluding hydrogens is 264 g/mol. The number of nitrogens with zero attached hydrogens (tertiary/aromatic N) is 1. The predicted octanol–water partition coefficient (Wildman–Crippen LogP) is 4.25. The molecule has 2 aromatic carbocycles. The molecule has 0 bridgehead atoms. The van der Waals surface area contributed by atoms with Gasteiger partial charge in [0.25, 0.3) is 0 Å². The SMILES string of the molecule is CSc1cccc(N(C)c2ccc(C)cc2C)c1CN. The Morgan fingerprint density at radius 3 is 2.45 bits per heavy atom. The fourth-order valence-electron chi connectivity index (χ4n) is 2.58. The van der Waals surface area contributed by atoms with Gasteiger partial charge < -0.3 is 10.6 Å². The van der Waals surface area contributed by atoms with Crippen molar-refractivity contribution < 1.29 is 0 Å². The Labute approximate surface area is 126 Å². The highest BCUT2D eigenvalue weighted by molar-refractivity contribution is 7.98. The van der Waals surface area contributed by atoms with E-state index in [1.807, 2.05) is 0 Å². The molecular formula is C17H22N2S. The maximum Gasteiger partial charge on any atom is 0.0465 e. The lowest BCUT2D eigenvalue weighted by atomic mass is 10.1. The van der Waals surface area contributed by atoms with Crippen molar-refractivity contribution >= 4 is 23.1 Å². The number of thioether (sulfide) groups is 1. The van der Waals surface area contributed by atoms with Gasteiger partial charge in [-0.3, -0.25) is 0 Å². The van der Waals surface area contributed by atoms with Crippen LogP contribution in [0.2, 0.25) is 0 Å². The number of benzene rings is 2. The number of hydrogen-bond acceptors (Lipinski definition) is 3. The maximum absolute atomic E-state index is 5.97. The van der Waals surface area contributed by atoms with Crippen LogP contribution < -0.4 is 10.6 Å². The first-order valence-corrected chi connectivity index (χ1v) is 7.98. The lowest BCUT2D eigenvalue weighted by molar-refractivity contribution is 1.00. The number of anilines is 2. The summed E-state index contributed by atoms with van der Waals surface area (Å²) in [6, 6.07) is 12.9. The van der Waals surface area contributed by atoms with Crippen LogP contribution in [0.15, 0.2) is 41.3 Å². The minimum absolute atomic E-state index is 0.557. The number of aryl methyl sites for hydroxylation is 2. The van der Waals surface area contributed by atoms with Crippen LogP contribution in [0.3, 0.4) is 0 Å². The van der Waals surface area contributed by atoms with E-state index in [9.17, 15) is 0 Å². The van der Waals surface area contributed by atoms with E-state index in [0.717, 1.165) is 0 Å². The van der Waals surface area contributed by atoms with Crippen molar-refractivity contribution in [3.8, 4) is 0 Å². The molecule has 0 saturated carbocycles. The summed E-state index contributed by atoms with van der Waals surface area (Å²) in [6.07, 6.45) is 2.09. The third kappa shape index (κ3) is 2.84. The van der Waals surface area contributed by atoms with Gasteiger partial charge in [-0.2, -0.15) is 0 Å². The summed E-state index contributed by atoms with van der Waals surface area (Å²) >= 11 is 1.75. The standard InChI is InChI=1S/C17H22N2S/c1-12-8-9-15(13(2)10-12)19(3)16-6-5-7-17(20-4)14(16)11-18/h5-10H,11,18H2,1-4H3. The molecule has 0 unspecified atom stereocenters. The largest absolute Gasteiger partial charge is 0.344 e. The summed E-state index contributed by atoms with van der Waals surface area (Å²) in [4.78, 5) is 3.48. The molecule has 0 spiro atoms. The van der Waals surface area contributed by atoms with Crippen molar-refractivity contribution in [2.45, 2.75) is 25.3 Å². The van der Waals surface area contributed by atoms with Crippen molar-refractivity contribution in [3.05, 3.63) is 53.1 Å². The Hall–Kier alpha value is -1.45. The molecule has 20 heavy (non-hydrogen) atoms. The first-order chi connectivity index (χ1) is 9.58. The fourth-order valence-corrected chi connectivity index (χ4v) is 3.23. The third-order valence-electron chi connectivity index (χ3n) is 3.61. The van der Waals surface area contributed by atoms with Crippen LogP contribution in [0.5, 0.6) is 0 Å². The highest BCUT2D eigenvalue weighted by atomic mass is 32.2. The van der Waals surface area contributed by atoms with Crippen LogP contribution in [-0.4, -0.2) is 13.3 Å². The van der Waals surface area contributed by atoms with Gasteiger partial charge >= 0.3 is 0 Å². The molecule has 0 aliphatic heterocycles. The van der Waals surface area contributed by atoms with E-state index in [2.05, 4.69) is 68.4 Å². The normalized spacial score (nSPS) is 10.7. The Kier molecular flexibility index (Phi) is 4.73. The van der Waals surface area contributed by atoms with Crippen LogP contribution in [0.25, 0.3) is 0 Å². The Morgan fingerprint density at radius 2 is 1.85 bits per heavy atom. The summed E-state index contributed by atoms with van der Waals surface area (Å²) in [5, 5.41) is 0. The van der Waals surface area contributed by atoms with Crippen LogP contribution in [0.4, 0.5) is 11.4 Å². The Balaban J connectivity index is 2.50. The first kappa shape index (κ1) is 14.9. The molecule has 106 valence electrons. The van der Waals surface area contributed by atoms with Gasteiger partial charge in [-0.25, -0.2) is 0 Å². The van der Waals surface area contributed by atoms with Gasteiger partial charge in [0.1, 0.15) is 0 Å². The summed E-state index contributed by atoms with van der Waals surface area (Å²) < 4.78 is 0. The zero-order chi connectivity index (χ0) is 14.7. The van der Waals surface area contributed by atoms with Gasteiger partial charge in [0.2, 0.25) is 0 Å². The molecule has 0 radical (unpaired) electrons. The van der Waals surface area contributed by atoms with E-state index in [0.29, 0.717) is 6.54 Å². The monoisotopic (exact) mass is 286 g/mol. The second-order valence-electron chi connectivity index (χ2n) is 5.01. The fraction of sp³-hybridized carbons (Fsp3) is 0.294. The minimum atomic E-state index is 0.557. The summed E-state index contributed by atoms with van der Waals surface area (Å²) in [5.74, 6) is 0. The van der Waals surface area contributed by atoms with E-state index in [1.54, 1.807) is 11.8 Å². The summed E-state index contributed by atoms with van der Waals surface area (Å²) in [5.41, 5.74) is 12.2. The molecule has 3 heteroatoms. The Morgan fingerprint density at radius 1 is 1.10 bits per heavy atom. The van der Waals surface area contributed by atoms with Crippen LogP contribution in [-0.2, 0) is 6.54 Å². The lowest BCUT2D eigenvalue weighted by Gasteiger charge is -2.25. The van der Waals surface area contributed by atoms with Crippen molar-refractivity contribution in [2.75, 3.05) is 18.2 Å². The second-order valence-corrected chi connectivity index (χ2v) is 5.86. The number of hydrogen-bond donors (Lipinski definition) is 1. The topological polar surface area (TPSA) is 29.3 Å². The molecule has 2 rings (SSSR count). The van der Waals surface area contributed by atoms with Gasteiger partial charge in [-0.15, -0.1) is 11.8 Å². The molecule has 0 atom stereocenters. The third-order valence-corrected chi connectivity index (χ3v) is 4.43. The minimum Gasteiger partial charge on any atom is -0.344 e. The zero-order valence-electron chi connectivity index (χ0n) is 12.6. The van der Waals surface area contributed by atoms with Gasteiger partial charge in [0.05, 0.1) is 0 Å². The molecule has 0 aliphatic rings. The van der Waals surface area contributed by atoms with Crippen LogP contribution >= 0.6 is 11.8 Å². The molecule has 0 amide bonds. The average molecular weight is 286 g/mol. The van der Waals surface area contributed by atoms with E-state index < -0.39 is 0 Å². The van der Waals surface area contributed by atoms with Gasteiger partial charge in [-0.1, -0.05) is 23.8 Å². The van der Waals surface area contributed by atoms with E-state index >= 15 is 0 Å². The molecule has 0 aliphatic carbocycles. The molecule has 0 saturated heterocycles. The lowest BCUT2D eigenvalue weighted by Crippen LogP contribution is -2.15. The van der Waals surface area contributed by atoms with Crippen molar-refractivity contribution in [1.82, 2.24) is 0 Å². The van der Waals surface area contributed by atoms with Gasteiger partial charge in [0, 0.05) is 35.4 Å². The molecule has 2 aromatic rings. The van der Waals surface area contributed by atoms with Gasteiger partial charge in [-0.05, 0) is 43.9 Å². The Bertz CT molecular complexity index is 608. The summed E-state index contributed by atoms with van der Waals surface area (Å²) in [7, 11) is 2.11. The van der Waals surface area contributed by atoms with E-state index in [1.165, 1.54) is 33.0 Å². The molecule has 0 fully saturated rings. The van der Waals surface area contributed by atoms with E-state index in [-0.39, 0.29) is 0 Å². The predicted molar refractivity (Wildman–Crippen MR) is 90.1 cm³/mol. The molecule has 2 N–H and O–H groups in total. The van der Waals surface area contributed by atoms with Crippen molar-refractivity contribution in [3.63, 3.8) is 0 Å². The molecule has 0 aromatic heterocycles. The van der Waals surface area contributed by atoms with Crippen molar-refractivity contribution in [2.24, 2.45) is 5.73 Å². The zero-order valence-corrected chi connectivity index (χ0v) is 13.4. The second kappa shape index (κ2) is 6.33. The first-order valence-electron chi connectivity index (χ1n) is 6.75. The quantitative estimate of drug-likeness (QED) is 0.852. The highest BCUT2D eigenvalue weighted by Gasteiger charge is 2.13. The van der Waals surface area contributed by atoms with Crippen molar-refractivity contribution in [1.29, 1.82) is 0 Å². The summed E-state index contributed by atoms with van der Waals surface area (Å²) in [6.45, 7) is 4.83.